The molecule has 2 N–H and O–H groups in total. The zero-order valence-electron chi connectivity index (χ0n) is 44.0. The maximum absolute atomic E-state index is 14.8. The van der Waals surface area contributed by atoms with Crippen LogP contribution in [0.1, 0.15) is 51.6 Å². The molecule has 0 saturated carbocycles. The summed E-state index contributed by atoms with van der Waals surface area (Å²) in [5, 5.41) is 12.4. The monoisotopic (exact) mass is 1140 g/mol. The number of carbonyl (C=O) groups is 4. The van der Waals surface area contributed by atoms with Gasteiger partial charge >= 0.3 is 11.9 Å². The molecule has 1 unspecified atom stereocenters. The average molecular weight is 1140 g/mol. The number of fused-ring (bicyclic) bond motifs is 1. The normalized spacial score (nSPS) is 15.1. The molecule has 2 aliphatic heterocycles. The van der Waals surface area contributed by atoms with Crippen LogP contribution in [0, 0.1) is 0 Å². The summed E-state index contributed by atoms with van der Waals surface area (Å²) in [5.74, 6) is -1.21. The molecule has 410 valence electrons. The van der Waals surface area contributed by atoms with E-state index in [1.807, 2.05) is 164 Å². The Morgan fingerprint density at radius 1 is 0.802 bits per heavy atom. The molecule has 0 aliphatic carbocycles. The number of thioether (sulfide) groups is 2. The van der Waals surface area contributed by atoms with Crippen LogP contribution >= 0.6 is 34.9 Å². The van der Waals surface area contributed by atoms with Crippen molar-refractivity contribution in [3.05, 3.63) is 256 Å². The van der Waals surface area contributed by atoms with Crippen LogP contribution in [0.5, 0.6) is 5.75 Å². The minimum Gasteiger partial charge on any atom is -0.497 e. The van der Waals surface area contributed by atoms with E-state index in [0.29, 0.717) is 33.5 Å². The molecular weight excluding hydrogens is 1080 g/mol. The highest BCUT2D eigenvalue weighted by molar-refractivity contribution is 8.01. The predicted octanol–water partition coefficient (Wildman–Crippen LogP) is 10.4. The highest BCUT2D eigenvalue weighted by Gasteiger charge is 2.55. The second-order valence-corrected chi connectivity index (χ2v) is 21.7. The highest BCUT2D eigenvalue weighted by Crippen LogP contribution is 2.43. The van der Waals surface area contributed by atoms with E-state index in [4.69, 9.17) is 24.0 Å². The first kappa shape index (κ1) is 55.7. The Morgan fingerprint density at radius 2 is 1.38 bits per heavy atom. The number of nitrogens with one attached hydrogen (secondary N) is 2. The lowest BCUT2D eigenvalue weighted by molar-refractivity contribution is -0.697. The fraction of sp³-hybridized carbons (Fsp3) is 0.190. The van der Waals surface area contributed by atoms with Gasteiger partial charge in [0.2, 0.25) is 0 Å². The summed E-state index contributed by atoms with van der Waals surface area (Å²) in [7, 11) is 1.57. The number of esters is 2. The van der Waals surface area contributed by atoms with Crippen molar-refractivity contribution in [1.82, 2.24) is 15.2 Å². The highest BCUT2D eigenvalue weighted by atomic mass is 32.2. The first-order valence-corrected chi connectivity index (χ1v) is 29.0. The number of alkyl halides is 1. The fourth-order valence-electron chi connectivity index (χ4n) is 9.49. The molecule has 14 nitrogen and oxygen atoms in total. The van der Waals surface area contributed by atoms with Crippen LogP contribution in [-0.4, -0.2) is 82.7 Å². The van der Waals surface area contributed by atoms with Gasteiger partial charge < -0.3 is 29.7 Å². The topological polar surface area (TPSA) is 162 Å². The van der Waals surface area contributed by atoms with Crippen LogP contribution in [0.25, 0.3) is 0 Å². The number of carbonyl (C=O) groups excluding carboxylic acids is 4. The van der Waals surface area contributed by atoms with Gasteiger partial charge in [0.15, 0.2) is 35.9 Å². The number of methoxy groups -OCH3 is 1. The van der Waals surface area contributed by atoms with E-state index >= 15 is 0 Å². The van der Waals surface area contributed by atoms with Crippen LogP contribution in [0.4, 0.5) is 9.52 Å². The van der Waals surface area contributed by atoms with Gasteiger partial charge in [0.05, 0.1) is 13.5 Å². The van der Waals surface area contributed by atoms with Gasteiger partial charge in [0.1, 0.15) is 54.0 Å². The summed E-state index contributed by atoms with van der Waals surface area (Å²) in [6.07, 6.45) is 2.69. The lowest BCUT2D eigenvalue weighted by atomic mass is 9.77. The number of benzene rings is 6. The molecule has 0 radical (unpaired) electrons. The molecule has 1 fully saturated rings. The summed E-state index contributed by atoms with van der Waals surface area (Å²) in [6, 6.07) is 58.6. The van der Waals surface area contributed by atoms with Gasteiger partial charge in [-0.1, -0.05) is 169 Å². The SMILES string of the molecule is COc1ccc(COC(=O)C2=C(CSc3cc[n+](CCF)cc3)CS[C@H]3C(NC(=O)C(=NOCCC(=O)OC(c4ccccc4)c4ccccc4)c4csc(NC(c5ccccc5)(c5ccccc5)c5ccccc5)n4)C(=O)N23)cc1. The predicted molar refractivity (Wildman–Crippen MR) is 311 cm³/mol. The zero-order chi connectivity index (χ0) is 56.0. The second-order valence-electron chi connectivity index (χ2n) is 18.7. The minimum absolute atomic E-state index is 0.0636. The summed E-state index contributed by atoms with van der Waals surface area (Å²) in [5.41, 5.74) is 4.81. The summed E-state index contributed by atoms with van der Waals surface area (Å²) < 4.78 is 32.0. The van der Waals surface area contributed by atoms with E-state index in [0.717, 1.165) is 32.7 Å². The Morgan fingerprint density at radius 3 is 1.95 bits per heavy atom. The molecule has 6 aromatic carbocycles. The maximum atomic E-state index is 14.8. The molecule has 0 spiro atoms. The fourth-order valence-corrected chi connectivity index (χ4v) is 12.6. The van der Waals surface area contributed by atoms with Crippen LogP contribution in [0.15, 0.2) is 227 Å². The summed E-state index contributed by atoms with van der Waals surface area (Å²) in [4.78, 5) is 70.2. The quantitative estimate of drug-likeness (QED) is 0.00862. The van der Waals surface area contributed by atoms with E-state index in [1.54, 1.807) is 53.7 Å². The number of β-lactam (4-membered cyclic amide) rings is 1. The molecule has 2 amide bonds. The van der Waals surface area contributed by atoms with E-state index in [-0.39, 0.29) is 43.3 Å². The maximum Gasteiger partial charge on any atom is 0.355 e. The molecule has 18 heteroatoms. The number of rotatable bonds is 24. The van der Waals surface area contributed by atoms with Gasteiger partial charge in [-0.3, -0.25) is 19.3 Å². The number of aryl methyl sites for hydroxylation is 1. The average Bonchev–Trinajstić information content (AvgIpc) is 4.11. The van der Waals surface area contributed by atoms with Gasteiger partial charge in [-0.05, 0) is 51.1 Å². The number of aromatic nitrogens is 2. The van der Waals surface area contributed by atoms with Gasteiger partial charge in [0.25, 0.3) is 11.8 Å². The van der Waals surface area contributed by atoms with E-state index in [2.05, 4.69) is 15.8 Å². The van der Waals surface area contributed by atoms with Gasteiger partial charge in [0, 0.05) is 33.9 Å². The number of hydrogen-bond acceptors (Lipinski definition) is 14. The van der Waals surface area contributed by atoms with Crippen molar-refractivity contribution in [3.8, 4) is 5.75 Å². The van der Waals surface area contributed by atoms with Crippen molar-refractivity contribution in [1.29, 1.82) is 0 Å². The third-order valence-corrected chi connectivity index (χ3v) is 16.8. The molecular formula is C63H56FN6O8S3+. The molecule has 81 heavy (non-hydrogen) atoms. The minimum atomic E-state index is -1.09. The largest absolute Gasteiger partial charge is 0.497 e. The van der Waals surface area contributed by atoms with Crippen LogP contribution in [-0.2, 0) is 52.2 Å². The first-order valence-electron chi connectivity index (χ1n) is 26.1. The van der Waals surface area contributed by atoms with Crippen molar-refractivity contribution >= 4 is 69.5 Å². The van der Waals surface area contributed by atoms with E-state index in [9.17, 15) is 23.6 Å². The Hall–Kier alpha value is -8.58. The first-order chi connectivity index (χ1) is 39.7. The van der Waals surface area contributed by atoms with E-state index in [1.165, 1.54) is 39.8 Å². The molecule has 0 bridgehead atoms. The number of pyridine rings is 1. The number of nitrogens with zero attached hydrogens (tertiary/aromatic N) is 4. The van der Waals surface area contributed by atoms with Crippen molar-refractivity contribution in [2.75, 3.05) is 37.2 Å². The number of ether oxygens (including phenoxy) is 3. The lowest BCUT2D eigenvalue weighted by Gasteiger charge is -2.49. The number of anilines is 1. The Labute approximate surface area is 481 Å². The van der Waals surface area contributed by atoms with Crippen molar-refractivity contribution in [2.45, 2.75) is 47.5 Å². The summed E-state index contributed by atoms with van der Waals surface area (Å²) in [6.45, 7) is -0.587. The molecule has 2 atom stereocenters. The Bertz CT molecular complexity index is 3350. The molecule has 2 aromatic heterocycles. The zero-order valence-corrected chi connectivity index (χ0v) is 46.4. The number of halogens is 1. The standard InChI is InChI=1S/C63H55FN6O8S3/c1-75-50-29-27-43(28-30-50)39-76-61(74)56-46(40-79-51-31-35-69(36-32-51)37-34-64)41-80-60-55(59(73)70(56)60)66-58(72)54(68-77-38-33-53(71)78-57(44-17-7-2-8-18-44)45-19-9-3-10-20-45)52-42-81-62(65-52)67-63(47-21-11-4-12-22-47,48-23-13-5-14-24-48)49-25-15-6-16-26-49/h2-32,35-36,42,55,57,60H,33-34,37-41H2,1H3,(H-,65,66,67,72)/p+1/t55?,60-/m0/s1. The summed E-state index contributed by atoms with van der Waals surface area (Å²) >= 11 is 4.12. The second kappa shape index (κ2) is 26.6. The molecule has 2 aliphatic rings. The molecule has 10 rings (SSSR count). The lowest BCUT2D eigenvalue weighted by Crippen LogP contribution is -2.71. The number of hydrogen-bond donors (Lipinski definition) is 2. The van der Waals surface area contributed by atoms with Crippen LogP contribution in [0.2, 0.25) is 0 Å². The Kier molecular flexibility index (Phi) is 18.3. The number of oxime groups is 1. The number of amides is 2. The van der Waals surface area contributed by atoms with Crippen LogP contribution < -0.4 is 19.9 Å². The molecule has 1 saturated heterocycles. The van der Waals surface area contributed by atoms with Crippen LogP contribution in [0.3, 0.4) is 0 Å². The van der Waals surface area contributed by atoms with Crippen molar-refractivity contribution in [2.24, 2.45) is 5.16 Å². The molecule has 4 heterocycles. The Balaban J connectivity index is 0.923. The van der Waals surface area contributed by atoms with Gasteiger partial charge in [-0.2, -0.15) is 0 Å². The molecule has 8 aromatic rings. The third kappa shape index (κ3) is 13.0. The number of thiazole rings is 1. The van der Waals surface area contributed by atoms with Gasteiger partial charge in [-0.25, -0.2) is 18.7 Å². The van der Waals surface area contributed by atoms with Crippen molar-refractivity contribution < 1.29 is 47.2 Å². The van der Waals surface area contributed by atoms with Gasteiger partial charge in [-0.15, -0.1) is 34.9 Å². The smallest absolute Gasteiger partial charge is 0.355 e. The van der Waals surface area contributed by atoms with E-state index < -0.39 is 53.5 Å². The van der Waals surface area contributed by atoms with Crippen molar-refractivity contribution in [3.63, 3.8) is 0 Å². The third-order valence-electron chi connectivity index (χ3n) is 13.6.